The summed E-state index contributed by atoms with van der Waals surface area (Å²) < 4.78 is 90.3. The lowest BCUT2D eigenvalue weighted by Gasteiger charge is -2.14. The molecule has 1 saturated heterocycles. The zero-order valence-corrected chi connectivity index (χ0v) is 15.5. The first-order valence-electron chi connectivity index (χ1n) is 8.52. The maximum atomic E-state index is 14.4. The lowest BCUT2D eigenvalue weighted by Crippen LogP contribution is -2.25. The van der Waals surface area contributed by atoms with E-state index in [0.29, 0.717) is 6.07 Å². The third-order valence-electron chi connectivity index (χ3n) is 4.24. The van der Waals surface area contributed by atoms with Crippen LogP contribution in [0, 0.1) is 34.9 Å². The molecule has 164 valence electrons. The Kier molecular flexibility index (Phi) is 5.91. The molecule has 1 atom stereocenters. The topological polar surface area (TPSA) is 72.9 Å². The number of ether oxygens (including phenoxy) is 2. The normalized spacial score (nSPS) is 15.8. The maximum Gasteiger partial charge on any atom is 0.414 e. The highest BCUT2D eigenvalue weighted by Gasteiger charge is 2.34. The molecule has 0 unspecified atom stereocenters. The Morgan fingerprint density at radius 2 is 1.61 bits per heavy atom. The van der Waals surface area contributed by atoms with E-state index in [9.17, 15) is 40.7 Å². The Morgan fingerprint density at radius 3 is 2.16 bits per heavy atom. The van der Waals surface area contributed by atoms with Crippen molar-refractivity contribution in [2.75, 3.05) is 11.4 Å². The average Bonchev–Trinajstić information content (AvgIpc) is 3.07. The van der Waals surface area contributed by atoms with Crippen LogP contribution >= 0.6 is 0 Å². The van der Waals surface area contributed by atoms with Crippen LogP contribution in [0.5, 0.6) is 5.75 Å². The van der Waals surface area contributed by atoms with Gasteiger partial charge in [-0.2, -0.15) is 8.78 Å². The number of benzene rings is 2. The van der Waals surface area contributed by atoms with Crippen molar-refractivity contribution in [3.8, 4) is 5.75 Å². The number of hydrogen-bond acceptors (Lipinski definition) is 5. The van der Waals surface area contributed by atoms with Crippen LogP contribution in [0.4, 0.5) is 36.8 Å². The summed E-state index contributed by atoms with van der Waals surface area (Å²) in [5.74, 6) is -17.1. The van der Waals surface area contributed by atoms with E-state index in [2.05, 4.69) is 4.74 Å². The van der Waals surface area contributed by atoms with Crippen molar-refractivity contribution in [2.24, 2.45) is 0 Å². The lowest BCUT2D eigenvalue weighted by molar-refractivity contribution is -0.118. The number of rotatable bonds is 5. The Bertz CT molecular complexity index is 1080. The van der Waals surface area contributed by atoms with Crippen molar-refractivity contribution in [3.05, 3.63) is 58.7 Å². The number of halogens is 6. The molecule has 3 rings (SSSR count). The van der Waals surface area contributed by atoms with Crippen LogP contribution in [-0.2, 0) is 9.53 Å². The summed E-state index contributed by atoms with van der Waals surface area (Å²) in [6.45, 7) is 1.22. The largest absolute Gasteiger partial charge is 0.443 e. The second-order valence-electron chi connectivity index (χ2n) is 6.48. The van der Waals surface area contributed by atoms with Gasteiger partial charge < -0.3 is 9.47 Å². The molecular weight excluding hydrogens is 436 g/mol. The van der Waals surface area contributed by atoms with Gasteiger partial charge in [-0.3, -0.25) is 9.69 Å². The fraction of sp³-hybridized carbons (Fsp3) is 0.211. The standard InChI is InChI=1S/C19H11F6NO5/c1-7(27)4-9-6-26(19(29)30-9)8-2-3-10(11(20)5-8)18(28)31-17-15(24)13(22)12(21)14(23)16(17)25/h2-3,5,9H,4,6H2,1H3/t9-/m0/s1. The van der Waals surface area contributed by atoms with Crippen LogP contribution < -0.4 is 9.64 Å². The number of hydrogen-bond donors (Lipinski definition) is 0. The summed E-state index contributed by atoms with van der Waals surface area (Å²) in [6, 6.07) is 2.55. The summed E-state index contributed by atoms with van der Waals surface area (Å²) in [7, 11) is 0. The van der Waals surface area contributed by atoms with E-state index in [0.717, 1.165) is 17.0 Å². The molecule has 0 aromatic heterocycles. The Morgan fingerprint density at radius 1 is 1.03 bits per heavy atom. The molecule has 1 fully saturated rings. The number of carbonyl (C=O) groups excluding carboxylic acids is 3. The quantitative estimate of drug-likeness (QED) is 0.228. The van der Waals surface area contributed by atoms with Crippen LogP contribution in [-0.4, -0.2) is 30.5 Å². The van der Waals surface area contributed by atoms with Gasteiger partial charge in [0.05, 0.1) is 17.8 Å². The molecule has 0 saturated carbocycles. The van der Waals surface area contributed by atoms with E-state index >= 15 is 0 Å². The van der Waals surface area contributed by atoms with Crippen molar-refractivity contribution in [1.29, 1.82) is 0 Å². The number of nitrogens with zero attached hydrogens (tertiary/aromatic N) is 1. The van der Waals surface area contributed by atoms with E-state index in [1.807, 2.05) is 0 Å². The first kappa shape index (κ1) is 22.1. The predicted octanol–water partition coefficient (Wildman–Crippen LogP) is 4.04. The van der Waals surface area contributed by atoms with Crippen molar-refractivity contribution in [3.63, 3.8) is 0 Å². The summed E-state index contributed by atoms with van der Waals surface area (Å²) in [4.78, 5) is 36.1. The van der Waals surface area contributed by atoms with Gasteiger partial charge in [-0.25, -0.2) is 27.2 Å². The van der Waals surface area contributed by atoms with Gasteiger partial charge in [-0.1, -0.05) is 0 Å². The van der Waals surface area contributed by atoms with Crippen molar-refractivity contribution in [2.45, 2.75) is 19.4 Å². The monoisotopic (exact) mass is 447 g/mol. The molecule has 0 radical (unpaired) electrons. The molecule has 2 aromatic carbocycles. The van der Waals surface area contributed by atoms with E-state index in [-0.39, 0.29) is 24.4 Å². The average molecular weight is 447 g/mol. The van der Waals surface area contributed by atoms with Gasteiger partial charge >= 0.3 is 12.1 Å². The van der Waals surface area contributed by atoms with E-state index in [1.54, 1.807) is 0 Å². The molecular formula is C19H11F6NO5. The highest BCUT2D eigenvalue weighted by molar-refractivity contribution is 5.94. The van der Waals surface area contributed by atoms with Crippen LogP contribution in [0.15, 0.2) is 18.2 Å². The Balaban J connectivity index is 1.84. The van der Waals surface area contributed by atoms with Gasteiger partial charge in [0.15, 0.2) is 0 Å². The molecule has 0 aliphatic carbocycles. The van der Waals surface area contributed by atoms with Crippen LogP contribution in [0.25, 0.3) is 0 Å². The summed E-state index contributed by atoms with van der Waals surface area (Å²) in [6.07, 6.45) is -1.69. The SMILES string of the molecule is CC(=O)C[C@H]1CN(c2ccc(C(=O)Oc3c(F)c(F)c(F)c(F)c3F)c(F)c2)C(=O)O1. The number of amides is 1. The number of cyclic esters (lactones) is 1. The summed E-state index contributed by atoms with van der Waals surface area (Å²) >= 11 is 0. The molecule has 31 heavy (non-hydrogen) atoms. The second kappa shape index (κ2) is 8.28. The molecule has 0 spiro atoms. The van der Waals surface area contributed by atoms with Gasteiger partial charge in [-0.05, 0) is 25.1 Å². The molecule has 1 heterocycles. The molecule has 1 aliphatic heterocycles. The second-order valence-corrected chi connectivity index (χ2v) is 6.48. The summed E-state index contributed by atoms with van der Waals surface area (Å²) in [5.41, 5.74) is -0.970. The fourth-order valence-corrected chi connectivity index (χ4v) is 2.82. The Hall–Kier alpha value is -3.57. The number of carbonyl (C=O) groups is 3. The molecule has 1 aliphatic rings. The lowest BCUT2D eigenvalue weighted by atomic mass is 10.1. The number of esters is 1. The number of ketones is 1. The van der Waals surface area contributed by atoms with Gasteiger partial charge in [0.1, 0.15) is 17.7 Å². The smallest absolute Gasteiger partial charge is 0.414 e. The van der Waals surface area contributed by atoms with Crippen molar-refractivity contribution >= 4 is 23.5 Å². The maximum absolute atomic E-state index is 14.4. The van der Waals surface area contributed by atoms with Gasteiger partial charge in [0.25, 0.3) is 0 Å². The summed E-state index contributed by atoms with van der Waals surface area (Å²) in [5, 5.41) is 0. The van der Waals surface area contributed by atoms with Crippen molar-refractivity contribution in [1.82, 2.24) is 0 Å². The van der Waals surface area contributed by atoms with Crippen molar-refractivity contribution < 1.29 is 50.2 Å². The third kappa shape index (κ3) is 4.18. The minimum Gasteiger partial charge on any atom is -0.443 e. The molecule has 1 amide bonds. The van der Waals surface area contributed by atoms with Gasteiger partial charge in [0.2, 0.25) is 34.8 Å². The first-order valence-corrected chi connectivity index (χ1v) is 8.52. The van der Waals surface area contributed by atoms with Crippen LogP contribution in [0.1, 0.15) is 23.7 Å². The third-order valence-corrected chi connectivity index (χ3v) is 4.24. The van der Waals surface area contributed by atoms with Crippen LogP contribution in [0.2, 0.25) is 0 Å². The molecule has 0 N–H and O–H groups in total. The fourth-order valence-electron chi connectivity index (χ4n) is 2.82. The minimum atomic E-state index is -2.45. The zero-order chi connectivity index (χ0) is 23.0. The predicted molar refractivity (Wildman–Crippen MR) is 90.5 cm³/mol. The van der Waals surface area contributed by atoms with Crippen LogP contribution in [0.3, 0.4) is 0 Å². The molecule has 6 nitrogen and oxygen atoms in total. The van der Waals surface area contributed by atoms with Gasteiger partial charge in [-0.15, -0.1) is 0 Å². The van der Waals surface area contributed by atoms with E-state index in [4.69, 9.17) is 4.74 Å². The number of Topliss-reactive ketones (excluding diaryl/α,β-unsaturated/α-hetero) is 1. The minimum absolute atomic E-state index is 0.0585. The molecule has 12 heteroatoms. The van der Waals surface area contributed by atoms with Gasteiger partial charge in [0, 0.05) is 6.42 Å². The first-order chi connectivity index (χ1) is 14.5. The number of anilines is 1. The van der Waals surface area contributed by atoms with E-state index in [1.165, 1.54) is 6.92 Å². The zero-order valence-electron chi connectivity index (χ0n) is 15.5. The highest BCUT2D eigenvalue weighted by atomic mass is 19.2. The Labute approximate surface area is 170 Å². The highest BCUT2D eigenvalue weighted by Crippen LogP contribution is 2.31. The van der Waals surface area contributed by atoms with E-state index < -0.39 is 64.4 Å². The molecule has 0 bridgehead atoms. The molecule has 2 aromatic rings.